The average Bonchev–Trinajstić information content (AvgIpc) is 3.23. The molecule has 4 rings (SSSR count). The summed E-state index contributed by atoms with van der Waals surface area (Å²) in [6.07, 6.45) is 5.19. The summed E-state index contributed by atoms with van der Waals surface area (Å²) in [7, 11) is 1.72. The van der Waals surface area contributed by atoms with Gasteiger partial charge in [-0.15, -0.1) is 0 Å². The largest absolute Gasteiger partial charge is 0.493 e. The predicted molar refractivity (Wildman–Crippen MR) is 114 cm³/mol. The molecule has 0 radical (unpaired) electrons. The molecule has 150 valence electrons. The Balaban J connectivity index is 1.43. The zero-order chi connectivity index (χ0) is 19.3. The zero-order valence-corrected chi connectivity index (χ0v) is 17.1. The maximum atomic E-state index is 6.29. The Labute approximate surface area is 169 Å². The van der Waals surface area contributed by atoms with Crippen molar-refractivity contribution in [1.82, 2.24) is 4.90 Å². The van der Waals surface area contributed by atoms with Gasteiger partial charge in [0.25, 0.3) is 0 Å². The van der Waals surface area contributed by atoms with Crippen LogP contribution in [0.3, 0.4) is 0 Å². The van der Waals surface area contributed by atoms with Crippen molar-refractivity contribution in [3.63, 3.8) is 0 Å². The van der Waals surface area contributed by atoms with Crippen LogP contribution in [0.4, 0.5) is 5.69 Å². The molecule has 1 heterocycles. The third kappa shape index (κ3) is 4.44. The van der Waals surface area contributed by atoms with Crippen molar-refractivity contribution in [3.05, 3.63) is 54.1 Å². The SMILES string of the molecule is COc1ccc(N2CCN(Cc3ccccc3)[C@@H](C)C2)cc1OC1CCCC1. The lowest BCUT2D eigenvalue weighted by atomic mass is 10.1. The first-order chi connectivity index (χ1) is 13.7. The van der Waals surface area contributed by atoms with Gasteiger partial charge in [0, 0.05) is 44.0 Å². The molecule has 0 N–H and O–H groups in total. The molecule has 0 spiro atoms. The minimum atomic E-state index is 0.339. The molecule has 28 heavy (non-hydrogen) atoms. The van der Waals surface area contributed by atoms with Gasteiger partial charge in [0.15, 0.2) is 11.5 Å². The first kappa shape index (κ1) is 19.1. The minimum Gasteiger partial charge on any atom is -0.493 e. The summed E-state index contributed by atoms with van der Waals surface area (Å²) in [5, 5.41) is 0. The lowest BCUT2D eigenvalue weighted by molar-refractivity contribution is 0.180. The maximum absolute atomic E-state index is 6.29. The van der Waals surface area contributed by atoms with E-state index in [-0.39, 0.29) is 0 Å². The monoisotopic (exact) mass is 380 g/mol. The molecule has 0 aromatic heterocycles. The molecule has 2 aromatic carbocycles. The van der Waals surface area contributed by atoms with Crippen molar-refractivity contribution >= 4 is 5.69 Å². The van der Waals surface area contributed by atoms with Gasteiger partial charge in [-0.1, -0.05) is 30.3 Å². The highest BCUT2D eigenvalue weighted by molar-refractivity contribution is 5.57. The topological polar surface area (TPSA) is 24.9 Å². The van der Waals surface area contributed by atoms with Gasteiger partial charge in [-0.25, -0.2) is 0 Å². The van der Waals surface area contributed by atoms with E-state index in [9.17, 15) is 0 Å². The summed E-state index contributed by atoms with van der Waals surface area (Å²) >= 11 is 0. The van der Waals surface area contributed by atoms with Crippen molar-refractivity contribution in [3.8, 4) is 11.5 Å². The molecule has 1 aliphatic carbocycles. The van der Waals surface area contributed by atoms with Gasteiger partial charge in [-0.3, -0.25) is 4.90 Å². The number of hydrogen-bond donors (Lipinski definition) is 0. The van der Waals surface area contributed by atoms with E-state index >= 15 is 0 Å². The summed E-state index contributed by atoms with van der Waals surface area (Å²) in [6, 6.07) is 17.7. The third-order valence-electron chi connectivity index (χ3n) is 6.10. The highest BCUT2D eigenvalue weighted by Crippen LogP contribution is 2.35. The van der Waals surface area contributed by atoms with Crippen LogP contribution in [0.1, 0.15) is 38.2 Å². The van der Waals surface area contributed by atoms with Crippen LogP contribution in [0.15, 0.2) is 48.5 Å². The molecule has 1 saturated carbocycles. The van der Waals surface area contributed by atoms with E-state index in [0.717, 1.165) is 50.5 Å². The van der Waals surface area contributed by atoms with Gasteiger partial charge in [-0.2, -0.15) is 0 Å². The fourth-order valence-electron chi connectivity index (χ4n) is 4.42. The summed E-state index contributed by atoms with van der Waals surface area (Å²) in [5.41, 5.74) is 2.62. The average molecular weight is 381 g/mol. The van der Waals surface area contributed by atoms with Crippen molar-refractivity contribution in [2.75, 3.05) is 31.6 Å². The Morgan fingerprint density at radius 3 is 2.46 bits per heavy atom. The van der Waals surface area contributed by atoms with Crippen molar-refractivity contribution in [2.45, 2.75) is 51.3 Å². The van der Waals surface area contributed by atoms with E-state index in [2.05, 4.69) is 65.3 Å². The molecule has 4 nitrogen and oxygen atoms in total. The number of hydrogen-bond acceptors (Lipinski definition) is 4. The van der Waals surface area contributed by atoms with Gasteiger partial charge in [-0.05, 0) is 50.3 Å². The summed E-state index contributed by atoms with van der Waals surface area (Å²) in [5.74, 6) is 1.73. The third-order valence-corrected chi connectivity index (χ3v) is 6.10. The molecule has 2 fully saturated rings. The molecule has 1 atom stereocenters. The van der Waals surface area contributed by atoms with Gasteiger partial charge in [0.1, 0.15) is 0 Å². The van der Waals surface area contributed by atoms with E-state index < -0.39 is 0 Å². The van der Waals surface area contributed by atoms with E-state index in [1.807, 2.05) is 0 Å². The summed E-state index contributed by atoms with van der Waals surface area (Å²) in [6.45, 7) is 6.48. The van der Waals surface area contributed by atoms with E-state index in [1.54, 1.807) is 7.11 Å². The molecular formula is C24H32N2O2. The second-order valence-corrected chi connectivity index (χ2v) is 8.11. The Bertz CT molecular complexity index is 758. The van der Waals surface area contributed by atoms with Crippen LogP contribution in [0.2, 0.25) is 0 Å². The highest BCUT2D eigenvalue weighted by atomic mass is 16.5. The van der Waals surface area contributed by atoms with Crippen LogP contribution in [0, 0.1) is 0 Å². The molecule has 2 aliphatic rings. The Hall–Kier alpha value is -2.20. The van der Waals surface area contributed by atoms with Crippen LogP contribution >= 0.6 is 0 Å². The minimum absolute atomic E-state index is 0.339. The molecule has 4 heteroatoms. The Morgan fingerprint density at radius 1 is 0.964 bits per heavy atom. The number of piperazine rings is 1. The highest BCUT2D eigenvalue weighted by Gasteiger charge is 2.25. The van der Waals surface area contributed by atoms with Gasteiger partial charge in [0.2, 0.25) is 0 Å². The Morgan fingerprint density at radius 2 is 1.75 bits per heavy atom. The number of rotatable bonds is 6. The number of ether oxygens (including phenoxy) is 2. The van der Waals surface area contributed by atoms with E-state index in [1.165, 1.54) is 24.1 Å². The molecule has 0 amide bonds. The van der Waals surface area contributed by atoms with Crippen LogP contribution in [-0.2, 0) is 6.54 Å². The quantitative estimate of drug-likeness (QED) is 0.723. The molecule has 0 unspecified atom stereocenters. The first-order valence-electron chi connectivity index (χ1n) is 10.6. The number of nitrogens with zero attached hydrogens (tertiary/aromatic N) is 2. The van der Waals surface area contributed by atoms with Gasteiger partial charge >= 0.3 is 0 Å². The first-order valence-corrected chi connectivity index (χ1v) is 10.6. The van der Waals surface area contributed by atoms with Gasteiger partial charge in [0.05, 0.1) is 13.2 Å². The molecular weight excluding hydrogens is 348 g/mol. The van der Waals surface area contributed by atoms with Crippen molar-refractivity contribution in [2.24, 2.45) is 0 Å². The number of anilines is 1. The van der Waals surface area contributed by atoms with E-state index in [4.69, 9.17) is 9.47 Å². The second-order valence-electron chi connectivity index (χ2n) is 8.11. The predicted octanol–water partition coefficient (Wildman–Crippen LogP) is 4.73. The van der Waals surface area contributed by atoms with Crippen LogP contribution in [0.25, 0.3) is 0 Å². The van der Waals surface area contributed by atoms with Crippen LogP contribution in [-0.4, -0.2) is 43.8 Å². The fourth-order valence-corrected chi connectivity index (χ4v) is 4.42. The van der Waals surface area contributed by atoms with Crippen LogP contribution in [0.5, 0.6) is 11.5 Å². The standard InChI is InChI=1S/C24H32N2O2/c1-19-17-26(15-14-25(19)18-20-8-4-3-5-9-20)21-12-13-23(27-2)24(16-21)28-22-10-6-7-11-22/h3-5,8-9,12-13,16,19,22H,6-7,10-11,14-15,17-18H2,1-2H3/t19-/m0/s1. The lowest BCUT2D eigenvalue weighted by Gasteiger charge is -2.41. The van der Waals surface area contributed by atoms with Crippen molar-refractivity contribution in [1.29, 1.82) is 0 Å². The smallest absolute Gasteiger partial charge is 0.163 e. The molecule has 0 bridgehead atoms. The van der Waals surface area contributed by atoms with Crippen molar-refractivity contribution < 1.29 is 9.47 Å². The number of methoxy groups -OCH3 is 1. The zero-order valence-electron chi connectivity index (χ0n) is 17.1. The second kappa shape index (κ2) is 8.87. The number of benzene rings is 2. The normalized spacial score (nSPS) is 21.1. The molecule has 2 aromatic rings. The molecule has 1 saturated heterocycles. The fraction of sp³-hybridized carbons (Fsp3) is 0.500. The Kier molecular flexibility index (Phi) is 6.06. The summed E-state index contributed by atoms with van der Waals surface area (Å²) < 4.78 is 11.8. The van der Waals surface area contributed by atoms with Gasteiger partial charge < -0.3 is 14.4 Å². The maximum Gasteiger partial charge on any atom is 0.163 e. The van der Waals surface area contributed by atoms with E-state index in [0.29, 0.717) is 12.1 Å². The molecule has 1 aliphatic heterocycles. The lowest BCUT2D eigenvalue weighted by Crippen LogP contribution is -2.51. The van der Waals surface area contributed by atoms with Crippen LogP contribution < -0.4 is 14.4 Å². The summed E-state index contributed by atoms with van der Waals surface area (Å²) in [4.78, 5) is 5.05.